The summed E-state index contributed by atoms with van der Waals surface area (Å²) in [4.78, 5) is 25.4. The van der Waals surface area contributed by atoms with Gasteiger partial charge in [-0.25, -0.2) is 0 Å². The Kier molecular flexibility index (Phi) is 4.91. The molecular formula is C16H28N2O3. The predicted octanol–water partition coefficient (Wildman–Crippen LogP) is 2.01. The zero-order valence-electron chi connectivity index (χ0n) is 13.4. The van der Waals surface area contributed by atoms with Gasteiger partial charge in [0.25, 0.3) is 0 Å². The van der Waals surface area contributed by atoms with Gasteiger partial charge in [0.1, 0.15) is 0 Å². The van der Waals surface area contributed by atoms with Crippen molar-refractivity contribution in [3.63, 3.8) is 0 Å². The van der Waals surface area contributed by atoms with Crippen LogP contribution in [0.1, 0.15) is 59.3 Å². The molecule has 2 N–H and O–H groups in total. The van der Waals surface area contributed by atoms with Crippen LogP contribution in [0.25, 0.3) is 0 Å². The summed E-state index contributed by atoms with van der Waals surface area (Å²) in [5.74, 6) is -0.238. The van der Waals surface area contributed by atoms with E-state index in [-0.39, 0.29) is 35.9 Å². The molecule has 2 aliphatic rings. The van der Waals surface area contributed by atoms with E-state index in [2.05, 4.69) is 31.0 Å². The van der Waals surface area contributed by atoms with Crippen LogP contribution in [0.15, 0.2) is 0 Å². The summed E-state index contributed by atoms with van der Waals surface area (Å²) >= 11 is 0. The number of carboxylic acids is 1. The van der Waals surface area contributed by atoms with Gasteiger partial charge in [-0.3, -0.25) is 9.59 Å². The summed E-state index contributed by atoms with van der Waals surface area (Å²) in [6.45, 7) is 6.99. The fourth-order valence-electron chi connectivity index (χ4n) is 3.78. The minimum Gasteiger partial charge on any atom is -0.481 e. The Hall–Kier alpha value is -1.10. The van der Waals surface area contributed by atoms with E-state index in [1.54, 1.807) is 0 Å². The molecule has 5 nitrogen and oxygen atoms in total. The van der Waals surface area contributed by atoms with E-state index in [1.165, 1.54) is 0 Å². The molecule has 2 atom stereocenters. The molecule has 2 rings (SSSR count). The maximum atomic E-state index is 12.4. The van der Waals surface area contributed by atoms with Crippen molar-refractivity contribution in [2.45, 2.75) is 76.9 Å². The smallest absolute Gasteiger partial charge is 0.303 e. The highest BCUT2D eigenvalue weighted by molar-refractivity contribution is 5.77. The minimum atomic E-state index is -0.714. The molecule has 2 unspecified atom stereocenters. The first-order valence-corrected chi connectivity index (χ1v) is 8.04. The maximum absolute atomic E-state index is 12.4. The molecule has 0 saturated carbocycles. The number of hydrogen-bond acceptors (Lipinski definition) is 3. The Balaban J connectivity index is 1.85. The van der Waals surface area contributed by atoms with E-state index in [0.717, 1.165) is 25.7 Å². The van der Waals surface area contributed by atoms with Crippen LogP contribution < -0.4 is 5.32 Å². The van der Waals surface area contributed by atoms with Gasteiger partial charge in [0.2, 0.25) is 5.91 Å². The monoisotopic (exact) mass is 296 g/mol. The van der Waals surface area contributed by atoms with Gasteiger partial charge in [-0.05, 0) is 52.4 Å². The Morgan fingerprint density at radius 1 is 1.19 bits per heavy atom. The first-order valence-electron chi connectivity index (χ1n) is 8.04. The SMILES string of the molecule is CC(C)(C)NCCC(=O)N1C2CCC1CC(CC(=O)O)C2. The summed E-state index contributed by atoms with van der Waals surface area (Å²) in [6, 6.07) is 0.547. The largest absolute Gasteiger partial charge is 0.481 e. The number of hydrogen-bond donors (Lipinski definition) is 2. The van der Waals surface area contributed by atoms with Gasteiger partial charge in [0.15, 0.2) is 0 Å². The van der Waals surface area contributed by atoms with Crippen molar-refractivity contribution in [1.29, 1.82) is 0 Å². The molecule has 0 aromatic rings. The van der Waals surface area contributed by atoms with Gasteiger partial charge >= 0.3 is 5.97 Å². The van der Waals surface area contributed by atoms with E-state index in [4.69, 9.17) is 5.11 Å². The van der Waals surface area contributed by atoms with Gasteiger partial charge in [0.05, 0.1) is 0 Å². The maximum Gasteiger partial charge on any atom is 0.303 e. The fraction of sp³-hybridized carbons (Fsp3) is 0.875. The number of amides is 1. The van der Waals surface area contributed by atoms with E-state index in [9.17, 15) is 9.59 Å². The molecule has 2 bridgehead atoms. The number of carboxylic acid groups (broad SMARTS) is 1. The predicted molar refractivity (Wildman–Crippen MR) is 81.0 cm³/mol. The quantitative estimate of drug-likeness (QED) is 0.814. The van der Waals surface area contributed by atoms with Crippen LogP contribution in [0.4, 0.5) is 0 Å². The van der Waals surface area contributed by atoms with Crippen molar-refractivity contribution >= 4 is 11.9 Å². The second-order valence-corrected chi connectivity index (χ2v) is 7.55. The van der Waals surface area contributed by atoms with Crippen molar-refractivity contribution in [2.24, 2.45) is 5.92 Å². The Morgan fingerprint density at radius 2 is 1.76 bits per heavy atom. The zero-order chi connectivity index (χ0) is 15.6. The average molecular weight is 296 g/mol. The highest BCUT2D eigenvalue weighted by atomic mass is 16.4. The molecule has 2 aliphatic heterocycles. The van der Waals surface area contributed by atoms with Crippen LogP contribution in [-0.4, -0.2) is 46.1 Å². The Bertz CT molecular complexity index is 389. The van der Waals surface area contributed by atoms with Crippen LogP contribution in [-0.2, 0) is 9.59 Å². The first kappa shape index (κ1) is 16.3. The number of carbonyl (C=O) groups excluding carboxylic acids is 1. The van der Waals surface area contributed by atoms with Crippen LogP contribution >= 0.6 is 0 Å². The standard InChI is InChI=1S/C16H28N2O3/c1-16(2,3)17-7-6-14(19)18-12-4-5-13(18)9-11(8-12)10-15(20)21/h11-13,17H,4-10H2,1-3H3,(H,20,21). The van der Waals surface area contributed by atoms with E-state index < -0.39 is 5.97 Å². The molecule has 2 heterocycles. The van der Waals surface area contributed by atoms with Gasteiger partial charge in [0, 0.05) is 37.0 Å². The molecule has 120 valence electrons. The molecule has 0 aromatic heterocycles. The highest BCUT2D eigenvalue weighted by Gasteiger charge is 2.43. The molecule has 1 amide bonds. The van der Waals surface area contributed by atoms with E-state index in [0.29, 0.717) is 13.0 Å². The third kappa shape index (κ3) is 4.43. The Labute approximate surface area is 127 Å². The van der Waals surface area contributed by atoms with Crippen LogP contribution in [0.5, 0.6) is 0 Å². The fourth-order valence-corrected chi connectivity index (χ4v) is 3.78. The molecule has 2 saturated heterocycles. The van der Waals surface area contributed by atoms with Gasteiger partial charge in [-0.15, -0.1) is 0 Å². The third-order valence-electron chi connectivity index (χ3n) is 4.58. The highest BCUT2D eigenvalue weighted by Crippen LogP contribution is 2.40. The summed E-state index contributed by atoms with van der Waals surface area (Å²) in [6.07, 6.45) is 4.59. The zero-order valence-corrected chi connectivity index (χ0v) is 13.4. The normalized spacial score (nSPS) is 28.7. The van der Waals surface area contributed by atoms with Crippen molar-refractivity contribution < 1.29 is 14.7 Å². The van der Waals surface area contributed by atoms with Crippen molar-refractivity contribution in [3.05, 3.63) is 0 Å². The number of nitrogens with one attached hydrogen (secondary N) is 1. The molecule has 0 aromatic carbocycles. The molecule has 0 radical (unpaired) electrons. The molecular weight excluding hydrogens is 268 g/mol. The number of rotatable bonds is 5. The summed E-state index contributed by atoms with van der Waals surface area (Å²) < 4.78 is 0. The number of aliphatic carboxylic acids is 1. The summed E-state index contributed by atoms with van der Waals surface area (Å²) in [5, 5.41) is 12.3. The summed E-state index contributed by atoms with van der Waals surface area (Å²) in [7, 11) is 0. The van der Waals surface area contributed by atoms with Crippen molar-refractivity contribution in [1.82, 2.24) is 10.2 Å². The van der Waals surface area contributed by atoms with Gasteiger partial charge < -0.3 is 15.3 Å². The van der Waals surface area contributed by atoms with E-state index in [1.807, 2.05) is 0 Å². The number of piperidine rings is 1. The van der Waals surface area contributed by atoms with Crippen molar-refractivity contribution in [3.8, 4) is 0 Å². The van der Waals surface area contributed by atoms with E-state index >= 15 is 0 Å². The van der Waals surface area contributed by atoms with Crippen LogP contribution in [0.3, 0.4) is 0 Å². The third-order valence-corrected chi connectivity index (χ3v) is 4.58. The topological polar surface area (TPSA) is 69.6 Å². The molecule has 21 heavy (non-hydrogen) atoms. The summed E-state index contributed by atoms with van der Waals surface area (Å²) in [5.41, 5.74) is 0.0355. The Morgan fingerprint density at radius 3 is 2.24 bits per heavy atom. The lowest BCUT2D eigenvalue weighted by molar-refractivity contribution is -0.140. The lowest BCUT2D eigenvalue weighted by Crippen LogP contribution is -2.48. The van der Waals surface area contributed by atoms with Crippen LogP contribution in [0.2, 0.25) is 0 Å². The average Bonchev–Trinajstić information content (AvgIpc) is 2.59. The van der Waals surface area contributed by atoms with Gasteiger partial charge in [-0.1, -0.05) is 0 Å². The second-order valence-electron chi connectivity index (χ2n) is 7.55. The number of carbonyl (C=O) groups is 2. The molecule has 2 fully saturated rings. The second kappa shape index (κ2) is 6.34. The first-order chi connectivity index (χ1) is 9.76. The lowest BCUT2D eigenvalue weighted by Gasteiger charge is -2.39. The van der Waals surface area contributed by atoms with Gasteiger partial charge in [-0.2, -0.15) is 0 Å². The van der Waals surface area contributed by atoms with Crippen molar-refractivity contribution in [2.75, 3.05) is 6.54 Å². The molecule has 0 aliphatic carbocycles. The molecule has 0 spiro atoms. The van der Waals surface area contributed by atoms with Crippen LogP contribution in [0, 0.1) is 5.92 Å². The number of nitrogens with zero attached hydrogens (tertiary/aromatic N) is 1. The minimum absolute atomic E-state index is 0.0355. The lowest BCUT2D eigenvalue weighted by atomic mass is 9.88. The number of fused-ring (bicyclic) bond motifs is 2. The molecule has 5 heteroatoms.